The lowest BCUT2D eigenvalue weighted by Crippen LogP contribution is -2.23. The van der Waals surface area contributed by atoms with Crippen LogP contribution in [0.1, 0.15) is 14.8 Å². The van der Waals surface area contributed by atoms with E-state index in [0.717, 1.165) is 23.1 Å². The predicted molar refractivity (Wildman–Crippen MR) is 112 cm³/mol. The van der Waals surface area contributed by atoms with Crippen molar-refractivity contribution in [3.8, 4) is 5.75 Å². The van der Waals surface area contributed by atoms with E-state index in [9.17, 15) is 13.2 Å². The number of nitrogens with zero attached hydrogens (tertiary/aromatic N) is 4. The molecule has 0 aliphatic rings. The number of carbonyl (C=O) groups is 1. The minimum atomic E-state index is -3.84. The van der Waals surface area contributed by atoms with Gasteiger partial charge in [0.1, 0.15) is 26.7 Å². The highest BCUT2D eigenvalue weighted by molar-refractivity contribution is 7.89. The molecule has 10 nitrogen and oxygen atoms in total. The molecule has 2 aromatic heterocycles. The SMILES string of the molecule is COc1ccc(NC(=O)c2nnc(CNS(=O)(=O)c3cccc4nsnc34)s2)cc1. The maximum Gasteiger partial charge on any atom is 0.286 e. The molecule has 4 rings (SSSR count). The third-order valence-electron chi connectivity index (χ3n) is 3.96. The van der Waals surface area contributed by atoms with Gasteiger partial charge < -0.3 is 10.1 Å². The molecule has 1 amide bonds. The summed E-state index contributed by atoms with van der Waals surface area (Å²) in [5.41, 5.74) is 1.39. The van der Waals surface area contributed by atoms with Crippen LogP contribution >= 0.6 is 23.1 Å². The van der Waals surface area contributed by atoms with Gasteiger partial charge in [0.15, 0.2) is 0 Å². The van der Waals surface area contributed by atoms with Gasteiger partial charge in [-0.1, -0.05) is 17.4 Å². The second-order valence-electron chi connectivity index (χ2n) is 5.90. The van der Waals surface area contributed by atoms with Crippen molar-refractivity contribution in [3.63, 3.8) is 0 Å². The number of ether oxygens (including phenoxy) is 1. The van der Waals surface area contributed by atoms with Crippen molar-refractivity contribution in [1.82, 2.24) is 23.7 Å². The minimum absolute atomic E-state index is 0.0377. The zero-order chi connectivity index (χ0) is 21.1. The van der Waals surface area contributed by atoms with E-state index in [1.807, 2.05) is 0 Å². The van der Waals surface area contributed by atoms with Gasteiger partial charge in [0.25, 0.3) is 5.91 Å². The molecule has 2 N–H and O–H groups in total. The molecule has 0 aliphatic heterocycles. The zero-order valence-corrected chi connectivity index (χ0v) is 17.8. The Labute approximate surface area is 179 Å². The first-order valence-corrected chi connectivity index (χ1v) is 11.5. The fourth-order valence-electron chi connectivity index (χ4n) is 2.51. The molecule has 154 valence electrons. The topological polar surface area (TPSA) is 136 Å². The van der Waals surface area contributed by atoms with E-state index in [0.29, 0.717) is 27.5 Å². The van der Waals surface area contributed by atoms with Gasteiger partial charge in [-0.25, -0.2) is 13.1 Å². The Morgan fingerprint density at radius 2 is 1.90 bits per heavy atom. The van der Waals surface area contributed by atoms with E-state index in [2.05, 4.69) is 29.0 Å². The number of fused-ring (bicyclic) bond motifs is 1. The summed E-state index contributed by atoms with van der Waals surface area (Å²) in [7, 11) is -2.29. The predicted octanol–water partition coefficient (Wildman–Crippen LogP) is 2.28. The maximum atomic E-state index is 12.6. The number of amides is 1. The number of carbonyl (C=O) groups excluding carboxylic acids is 1. The van der Waals surface area contributed by atoms with E-state index < -0.39 is 15.9 Å². The normalized spacial score (nSPS) is 11.5. The van der Waals surface area contributed by atoms with Crippen LogP contribution < -0.4 is 14.8 Å². The molecule has 0 fully saturated rings. The number of anilines is 1. The number of benzene rings is 2. The average Bonchev–Trinajstić information content (AvgIpc) is 3.42. The third kappa shape index (κ3) is 4.28. The molecular weight excluding hydrogens is 448 g/mol. The number of sulfonamides is 1. The van der Waals surface area contributed by atoms with Crippen LogP contribution in [-0.2, 0) is 16.6 Å². The minimum Gasteiger partial charge on any atom is -0.497 e. The van der Waals surface area contributed by atoms with E-state index in [-0.39, 0.29) is 16.4 Å². The van der Waals surface area contributed by atoms with Crippen LogP contribution in [0.3, 0.4) is 0 Å². The second kappa shape index (κ2) is 8.39. The average molecular weight is 463 g/mol. The van der Waals surface area contributed by atoms with Crippen LogP contribution in [0, 0.1) is 0 Å². The van der Waals surface area contributed by atoms with Crippen molar-refractivity contribution in [2.45, 2.75) is 11.4 Å². The zero-order valence-electron chi connectivity index (χ0n) is 15.4. The maximum absolute atomic E-state index is 12.6. The number of nitrogens with one attached hydrogen (secondary N) is 2. The van der Waals surface area contributed by atoms with E-state index >= 15 is 0 Å². The van der Waals surface area contributed by atoms with Gasteiger partial charge in [-0.3, -0.25) is 4.79 Å². The van der Waals surface area contributed by atoms with E-state index in [1.54, 1.807) is 43.5 Å². The summed E-state index contributed by atoms with van der Waals surface area (Å²) in [4.78, 5) is 12.4. The Morgan fingerprint density at radius 3 is 2.67 bits per heavy atom. The molecule has 13 heteroatoms. The van der Waals surface area contributed by atoms with Crippen molar-refractivity contribution >= 4 is 55.7 Å². The first-order valence-electron chi connectivity index (χ1n) is 8.45. The molecule has 0 bridgehead atoms. The quantitative estimate of drug-likeness (QED) is 0.427. The van der Waals surface area contributed by atoms with Crippen molar-refractivity contribution < 1.29 is 17.9 Å². The van der Waals surface area contributed by atoms with Gasteiger partial charge in [0, 0.05) is 5.69 Å². The monoisotopic (exact) mass is 462 g/mol. The molecule has 0 aliphatic carbocycles. The molecule has 30 heavy (non-hydrogen) atoms. The summed E-state index contributed by atoms with van der Waals surface area (Å²) in [6.45, 7) is -0.107. The Bertz CT molecular complexity index is 1300. The fourth-order valence-corrected chi connectivity index (χ4v) is 5.03. The number of methoxy groups -OCH3 is 1. The summed E-state index contributed by atoms with van der Waals surface area (Å²) in [5.74, 6) is 0.229. The van der Waals surface area contributed by atoms with Crippen LogP contribution in [-0.4, -0.2) is 40.4 Å². The van der Waals surface area contributed by atoms with Crippen molar-refractivity contribution in [1.29, 1.82) is 0 Å². The number of hydrogen-bond acceptors (Lipinski definition) is 10. The van der Waals surface area contributed by atoms with Crippen molar-refractivity contribution in [2.75, 3.05) is 12.4 Å². The van der Waals surface area contributed by atoms with E-state index in [1.165, 1.54) is 6.07 Å². The molecule has 4 aromatic rings. The second-order valence-corrected chi connectivity index (χ2v) is 9.22. The summed E-state index contributed by atoms with van der Waals surface area (Å²) < 4.78 is 40.9. The lowest BCUT2D eigenvalue weighted by Gasteiger charge is -2.05. The van der Waals surface area contributed by atoms with E-state index in [4.69, 9.17) is 4.74 Å². The molecule has 2 aromatic carbocycles. The molecule has 0 radical (unpaired) electrons. The molecule has 0 unspecified atom stereocenters. The van der Waals surface area contributed by atoms with Crippen molar-refractivity contribution in [3.05, 3.63) is 52.5 Å². The Morgan fingerprint density at radius 1 is 1.10 bits per heavy atom. The van der Waals surface area contributed by atoms with Gasteiger partial charge in [-0.2, -0.15) is 8.75 Å². The molecule has 0 saturated heterocycles. The standard InChI is InChI=1S/C17H14N6O4S3/c1-27-11-7-5-10(6-8-11)19-16(24)17-21-20-14(28-17)9-18-30(25,26)13-4-2-3-12-15(13)23-29-22-12/h2-8,18H,9H2,1H3,(H,19,24). The number of hydrogen-bond donors (Lipinski definition) is 2. The Hall–Kier alpha value is -3.00. The smallest absolute Gasteiger partial charge is 0.286 e. The lowest BCUT2D eigenvalue weighted by atomic mass is 10.3. The van der Waals surface area contributed by atoms with Gasteiger partial charge in [-0.05, 0) is 36.4 Å². The highest BCUT2D eigenvalue weighted by Gasteiger charge is 2.21. The fraction of sp³-hybridized carbons (Fsp3) is 0.118. The largest absolute Gasteiger partial charge is 0.497 e. The van der Waals surface area contributed by atoms with Crippen LogP contribution in [0.25, 0.3) is 11.0 Å². The summed E-state index contributed by atoms with van der Waals surface area (Å²) >= 11 is 1.94. The molecule has 0 saturated carbocycles. The Kier molecular flexibility index (Phi) is 5.67. The van der Waals surface area contributed by atoms with Gasteiger partial charge in [0.2, 0.25) is 15.0 Å². The summed E-state index contributed by atoms with van der Waals surface area (Å²) in [6, 6.07) is 11.6. The Balaban J connectivity index is 1.42. The van der Waals surface area contributed by atoms with Crippen LogP contribution in [0.5, 0.6) is 5.75 Å². The van der Waals surface area contributed by atoms with Gasteiger partial charge in [0.05, 0.1) is 25.4 Å². The van der Waals surface area contributed by atoms with Crippen LogP contribution in [0.15, 0.2) is 47.4 Å². The number of aromatic nitrogens is 4. The summed E-state index contributed by atoms with van der Waals surface area (Å²) in [6.07, 6.45) is 0. The first kappa shape index (κ1) is 20.3. The highest BCUT2D eigenvalue weighted by Crippen LogP contribution is 2.22. The molecule has 0 spiro atoms. The lowest BCUT2D eigenvalue weighted by molar-refractivity contribution is 0.102. The van der Waals surface area contributed by atoms with Crippen LogP contribution in [0.4, 0.5) is 5.69 Å². The van der Waals surface area contributed by atoms with Gasteiger partial charge in [-0.15, -0.1) is 10.2 Å². The number of rotatable bonds is 7. The summed E-state index contributed by atoms with van der Waals surface area (Å²) in [5, 5.41) is 10.9. The molecule has 2 heterocycles. The highest BCUT2D eigenvalue weighted by atomic mass is 32.2. The molecule has 0 atom stereocenters. The first-order chi connectivity index (χ1) is 14.5. The molecular formula is C17H14N6O4S3. The van der Waals surface area contributed by atoms with Crippen LogP contribution in [0.2, 0.25) is 0 Å². The third-order valence-corrected chi connectivity index (χ3v) is 6.86. The van der Waals surface area contributed by atoms with Gasteiger partial charge >= 0.3 is 0 Å². The van der Waals surface area contributed by atoms with Crippen molar-refractivity contribution in [2.24, 2.45) is 0 Å².